The van der Waals surface area contributed by atoms with Crippen LogP contribution in [0.5, 0.6) is 5.75 Å². The van der Waals surface area contributed by atoms with Crippen molar-refractivity contribution in [3.63, 3.8) is 0 Å². The van der Waals surface area contributed by atoms with Crippen LogP contribution in [0.25, 0.3) is 0 Å². The van der Waals surface area contributed by atoms with Crippen LogP contribution in [0.2, 0.25) is 0 Å². The van der Waals surface area contributed by atoms with Gasteiger partial charge in [0, 0.05) is 11.1 Å². The highest BCUT2D eigenvalue weighted by molar-refractivity contribution is 5.96. The van der Waals surface area contributed by atoms with Gasteiger partial charge < -0.3 is 10.1 Å². The normalized spacial score (nSPS) is 12.4. The van der Waals surface area contributed by atoms with Crippen LogP contribution < -0.4 is 10.1 Å². The van der Waals surface area contributed by atoms with Crippen LogP contribution >= 0.6 is 0 Å². The summed E-state index contributed by atoms with van der Waals surface area (Å²) in [6, 6.07) is 16.5. The third-order valence-corrected chi connectivity index (χ3v) is 5.80. The Labute approximate surface area is 209 Å². The molecule has 0 aromatic heterocycles. The Morgan fingerprint density at radius 3 is 2.33 bits per heavy atom. The van der Waals surface area contributed by atoms with Crippen LogP contribution in [0.1, 0.15) is 72.3 Å². The predicted octanol–water partition coefficient (Wildman–Crippen LogP) is 7.89. The highest BCUT2D eigenvalue weighted by Crippen LogP contribution is 2.33. The Kier molecular flexibility index (Phi) is 9.13. The molecule has 0 bridgehead atoms. The topological polar surface area (TPSA) is 38.3 Å². The molecule has 192 valence electrons. The molecule has 3 aromatic carbocycles. The zero-order valence-electron chi connectivity index (χ0n) is 20.7. The minimum atomic E-state index is -4.65. The van der Waals surface area contributed by atoms with E-state index in [0.717, 1.165) is 29.7 Å². The van der Waals surface area contributed by atoms with Crippen molar-refractivity contribution < 1.29 is 27.1 Å². The summed E-state index contributed by atoms with van der Waals surface area (Å²) >= 11 is 0. The van der Waals surface area contributed by atoms with Crippen LogP contribution in [-0.2, 0) is 19.2 Å². The molecule has 3 aromatic rings. The minimum Gasteiger partial charge on any atom is -0.489 e. The summed E-state index contributed by atoms with van der Waals surface area (Å²) in [5, 5.41) is 2.88. The molecule has 0 heterocycles. The lowest BCUT2D eigenvalue weighted by molar-refractivity contribution is -0.137. The van der Waals surface area contributed by atoms with Crippen LogP contribution in [0.4, 0.5) is 17.6 Å². The van der Waals surface area contributed by atoms with Crippen LogP contribution in [-0.4, -0.2) is 5.91 Å². The van der Waals surface area contributed by atoms with Gasteiger partial charge in [-0.15, -0.1) is 0 Å². The molecule has 1 N–H and O–H groups in total. The van der Waals surface area contributed by atoms with E-state index in [4.69, 9.17) is 4.74 Å². The van der Waals surface area contributed by atoms with Crippen molar-refractivity contribution in [2.75, 3.05) is 0 Å². The number of rotatable bonds is 10. The Bertz CT molecular complexity index is 1160. The fourth-order valence-corrected chi connectivity index (χ4v) is 4.05. The van der Waals surface area contributed by atoms with Crippen molar-refractivity contribution >= 4 is 5.91 Å². The van der Waals surface area contributed by atoms with Gasteiger partial charge in [-0.1, -0.05) is 63.6 Å². The van der Waals surface area contributed by atoms with Crippen LogP contribution in [0, 0.1) is 11.7 Å². The van der Waals surface area contributed by atoms with Crippen LogP contribution in [0.15, 0.2) is 66.7 Å². The number of alkyl halides is 3. The van der Waals surface area contributed by atoms with Gasteiger partial charge in [-0.25, -0.2) is 4.39 Å². The van der Waals surface area contributed by atoms with Crippen molar-refractivity contribution in [3.8, 4) is 5.75 Å². The lowest BCUT2D eigenvalue weighted by Crippen LogP contribution is -2.31. The maximum absolute atomic E-state index is 14.8. The summed E-state index contributed by atoms with van der Waals surface area (Å²) in [4.78, 5) is 13.4. The average Bonchev–Trinajstić information content (AvgIpc) is 2.83. The second-order valence-electron chi connectivity index (χ2n) is 9.23. The molecule has 0 aliphatic carbocycles. The number of halogens is 4. The van der Waals surface area contributed by atoms with Gasteiger partial charge in [-0.05, 0) is 60.2 Å². The zero-order chi connectivity index (χ0) is 26.3. The summed E-state index contributed by atoms with van der Waals surface area (Å²) in [5.74, 6) is -0.617. The lowest BCUT2D eigenvalue weighted by atomic mass is 9.94. The molecule has 0 saturated carbocycles. The largest absolute Gasteiger partial charge is 0.489 e. The van der Waals surface area contributed by atoms with Gasteiger partial charge in [0.2, 0.25) is 0 Å². The highest BCUT2D eigenvalue weighted by Gasteiger charge is 2.32. The molecule has 0 fully saturated rings. The van der Waals surface area contributed by atoms with E-state index in [1.54, 1.807) is 6.07 Å². The second-order valence-corrected chi connectivity index (χ2v) is 9.23. The molecule has 1 atom stereocenters. The zero-order valence-corrected chi connectivity index (χ0v) is 20.7. The first kappa shape index (κ1) is 27.2. The van der Waals surface area contributed by atoms with Crippen molar-refractivity contribution in [2.45, 2.75) is 58.9 Å². The molecule has 0 aliphatic rings. The molecule has 3 nitrogen and oxygen atoms in total. The van der Waals surface area contributed by atoms with E-state index in [1.165, 1.54) is 0 Å². The molecule has 0 aliphatic heterocycles. The molecular weight excluding hydrogens is 470 g/mol. The summed E-state index contributed by atoms with van der Waals surface area (Å²) in [6.45, 7) is 6.09. The number of hydrogen-bond acceptors (Lipinski definition) is 2. The molecule has 36 heavy (non-hydrogen) atoms. The number of para-hydroxylation sites is 1. The number of carbonyl (C=O) groups is 1. The molecule has 0 spiro atoms. The van der Waals surface area contributed by atoms with Gasteiger partial charge in [0.1, 0.15) is 18.2 Å². The van der Waals surface area contributed by atoms with Crippen molar-refractivity contribution in [2.24, 2.45) is 5.92 Å². The SMILES string of the molecule is CCCc1ccc(COc2ccccc2)cc1C(=O)NC(CC(C)C)c1ccc(C(F)(F)F)cc1F. The van der Waals surface area contributed by atoms with Gasteiger partial charge in [0.05, 0.1) is 11.6 Å². The van der Waals surface area contributed by atoms with E-state index in [0.29, 0.717) is 30.2 Å². The molecule has 0 radical (unpaired) electrons. The standard InChI is InChI=1S/C29H31F4NO2/c1-4-8-21-12-11-20(18-36-23-9-6-5-7-10-23)16-25(21)28(35)34-27(15-19(2)3)24-14-13-22(17-26(24)30)29(31,32)33/h5-7,9-14,16-17,19,27H,4,8,15,18H2,1-3H3,(H,34,35). The molecule has 1 unspecified atom stereocenters. The van der Waals surface area contributed by atoms with Crippen molar-refractivity contribution in [1.82, 2.24) is 5.32 Å². The smallest absolute Gasteiger partial charge is 0.416 e. The number of hydrogen-bond donors (Lipinski definition) is 1. The van der Waals surface area contributed by atoms with E-state index in [2.05, 4.69) is 5.32 Å². The maximum atomic E-state index is 14.8. The number of aryl methyl sites for hydroxylation is 1. The van der Waals surface area contributed by atoms with Gasteiger partial charge in [0.25, 0.3) is 5.91 Å². The van der Waals surface area contributed by atoms with Gasteiger partial charge in [-0.3, -0.25) is 4.79 Å². The fourth-order valence-electron chi connectivity index (χ4n) is 4.05. The van der Waals surface area contributed by atoms with Crippen molar-refractivity contribution in [1.29, 1.82) is 0 Å². The number of amides is 1. The number of ether oxygens (including phenoxy) is 1. The van der Waals surface area contributed by atoms with E-state index >= 15 is 0 Å². The summed E-state index contributed by atoms with van der Waals surface area (Å²) in [7, 11) is 0. The molecule has 0 saturated heterocycles. The van der Waals surface area contributed by atoms with Gasteiger partial charge >= 0.3 is 6.18 Å². The monoisotopic (exact) mass is 501 g/mol. The molecule has 7 heteroatoms. The molecule has 1 amide bonds. The first-order valence-electron chi connectivity index (χ1n) is 12.1. The summed E-state index contributed by atoms with van der Waals surface area (Å²) in [5.41, 5.74) is 1.06. The second kappa shape index (κ2) is 12.1. The summed E-state index contributed by atoms with van der Waals surface area (Å²) in [6.07, 6.45) is -2.78. The van der Waals surface area contributed by atoms with E-state index in [9.17, 15) is 22.4 Å². The van der Waals surface area contributed by atoms with Crippen molar-refractivity contribution in [3.05, 3.63) is 100 Å². The van der Waals surface area contributed by atoms with Gasteiger partial charge in [-0.2, -0.15) is 13.2 Å². The third-order valence-electron chi connectivity index (χ3n) is 5.80. The van der Waals surface area contributed by atoms with Crippen LogP contribution in [0.3, 0.4) is 0 Å². The third kappa shape index (κ3) is 7.33. The minimum absolute atomic E-state index is 0.0330. The molecular formula is C29H31F4NO2. The van der Waals surface area contributed by atoms with E-state index < -0.39 is 29.5 Å². The molecule has 3 rings (SSSR count). The summed E-state index contributed by atoms with van der Waals surface area (Å²) < 4.78 is 59.7. The Morgan fingerprint density at radius 1 is 1.00 bits per heavy atom. The average molecular weight is 502 g/mol. The lowest BCUT2D eigenvalue weighted by Gasteiger charge is -2.23. The number of nitrogens with one attached hydrogen (secondary N) is 1. The van der Waals surface area contributed by atoms with E-state index in [1.807, 2.05) is 63.2 Å². The number of carbonyl (C=O) groups excluding carboxylic acids is 1. The van der Waals surface area contributed by atoms with E-state index in [-0.39, 0.29) is 18.1 Å². The highest BCUT2D eigenvalue weighted by atomic mass is 19.4. The number of benzene rings is 3. The first-order chi connectivity index (χ1) is 17.1. The first-order valence-corrected chi connectivity index (χ1v) is 12.1. The quantitative estimate of drug-likeness (QED) is 0.287. The fraction of sp³-hybridized carbons (Fsp3) is 0.345. The maximum Gasteiger partial charge on any atom is 0.416 e. The van der Waals surface area contributed by atoms with Gasteiger partial charge in [0.15, 0.2) is 0 Å². The Balaban J connectivity index is 1.87. The predicted molar refractivity (Wildman–Crippen MR) is 132 cm³/mol. The Morgan fingerprint density at radius 2 is 1.72 bits per heavy atom. The Hall–Kier alpha value is -3.35.